The summed E-state index contributed by atoms with van der Waals surface area (Å²) in [5.74, 6) is 0. The molecule has 0 atom stereocenters. The maximum atomic E-state index is 8.82. The van der Waals surface area contributed by atoms with E-state index in [2.05, 4.69) is 17.3 Å². The number of rotatable bonds is 3. The van der Waals surface area contributed by atoms with Crippen LogP contribution in [-0.4, -0.2) is 9.78 Å². The van der Waals surface area contributed by atoms with E-state index in [4.69, 9.17) is 11.0 Å². The van der Waals surface area contributed by atoms with E-state index in [0.717, 1.165) is 23.5 Å². The van der Waals surface area contributed by atoms with Crippen molar-refractivity contribution in [1.82, 2.24) is 9.78 Å². The zero-order chi connectivity index (χ0) is 13.1. The average molecular weight is 241 g/mol. The lowest BCUT2D eigenvalue weighted by atomic mass is 10.1. The van der Waals surface area contributed by atoms with Crippen LogP contribution in [-0.2, 0) is 13.5 Å². The van der Waals surface area contributed by atoms with Crippen molar-refractivity contribution in [3.05, 3.63) is 35.7 Å². The first-order valence-electron chi connectivity index (χ1n) is 5.73. The van der Waals surface area contributed by atoms with E-state index < -0.39 is 0 Å². The van der Waals surface area contributed by atoms with Gasteiger partial charge in [-0.15, -0.1) is 0 Å². The molecular weight excluding hydrogens is 226 g/mol. The molecule has 0 aliphatic rings. The summed E-state index contributed by atoms with van der Waals surface area (Å²) in [6.07, 6.45) is 2.78. The van der Waals surface area contributed by atoms with Crippen molar-refractivity contribution in [3.63, 3.8) is 0 Å². The van der Waals surface area contributed by atoms with Crippen molar-refractivity contribution in [2.24, 2.45) is 7.05 Å². The largest absolute Gasteiger partial charge is 0.398 e. The molecule has 3 N–H and O–H groups in total. The van der Waals surface area contributed by atoms with E-state index in [1.165, 1.54) is 0 Å². The van der Waals surface area contributed by atoms with Crippen LogP contribution in [0.25, 0.3) is 0 Å². The number of hydrogen-bond donors (Lipinski definition) is 2. The second-order valence-corrected chi connectivity index (χ2v) is 4.06. The minimum absolute atomic E-state index is 0.476. The summed E-state index contributed by atoms with van der Waals surface area (Å²) in [5.41, 5.74) is 9.56. The van der Waals surface area contributed by atoms with E-state index in [1.807, 2.05) is 25.4 Å². The van der Waals surface area contributed by atoms with Crippen molar-refractivity contribution in [1.29, 1.82) is 5.26 Å². The van der Waals surface area contributed by atoms with Gasteiger partial charge in [-0.25, -0.2) is 0 Å². The van der Waals surface area contributed by atoms with Crippen LogP contribution in [0.3, 0.4) is 0 Å². The fraction of sp³-hybridized carbons (Fsp3) is 0.231. The molecule has 2 aromatic rings. The van der Waals surface area contributed by atoms with E-state index in [9.17, 15) is 0 Å². The molecule has 18 heavy (non-hydrogen) atoms. The summed E-state index contributed by atoms with van der Waals surface area (Å²) in [6.45, 7) is 2.06. The molecule has 1 aromatic heterocycles. The number of nitriles is 1. The van der Waals surface area contributed by atoms with Gasteiger partial charge in [-0.1, -0.05) is 6.92 Å². The second kappa shape index (κ2) is 4.80. The van der Waals surface area contributed by atoms with Gasteiger partial charge < -0.3 is 11.1 Å². The highest BCUT2D eigenvalue weighted by atomic mass is 15.3. The van der Waals surface area contributed by atoms with E-state index in [-0.39, 0.29) is 0 Å². The van der Waals surface area contributed by atoms with Crippen molar-refractivity contribution in [2.75, 3.05) is 11.1 Å². The fourth-order valence-corrected chi connectivity index (χ4v) is 1.80. The third-order valence-corrected chi connectivity index (χ3v) is 2.69. The predicted octanol–water partition coefficient (Wildman–Crippen LogP) is 2.18. The third-order valence-electron chi connectivity index (χ3n) is 2.69. The Morgan fingerprint density at radius 1 is 1.50 bits per heavy atom. The molecule has 0 bridgehead atoms. The van der Waals surface area contributed by atoms with Crippen LogP contribution >= 0.6 is 0 Å². The van der Waals surface area contributed by atoms with Crippen molar-refractivity contribution in [3.8, 4) is 6.07 Å². The van der Waals surface area contributed by atoms with Crippen molar-refractivity contribution >= 4 is 17.1 Å². The Balaban J connectivity index is 2.29. The van der Waals surface area contributed by atoms with Crippen LogP contribution < -0.4 is 11.1 Å². The fourth-order valence-electron chi connectivity index (χ4n) is 1.80. The van der Waals surface area contributed by atoms with Crippen molar-refractivity contribution < 1.29 is 0 Å². The Bertz CT molecular complexity index is 606. The van der Waals surface area contributed by atoms with Crippen molar-refractivity contribution in [2.45, 2.75) is 13.3 Å². The molecule has 0 aliphatic heterocycles. The van der Waals surface area contributed by atoms with Crippen LogP contribution in [0.1, 0.15) is 18.2 Å². The normalized spacial score (nSPS) is 10.1. The Hall–Kier alpha value is -2.48. The summed E-state index contributed by atoms with van der Waals surface area (Å²) in [7, 11) is 1.89. The summed E-state index contributed by atoms with van der Waals surface area (Å²) in [5, 5.41) is 16.4. The molecule has 0 aliphatic carbocycles. The van der Waals surface area contributed by atoms with Gasteiger partial charge in [0, 0.05) is 18.9 Å². The zero-order valence-electron chi connectivity index (χ0n) is 10.4. The van der Waals surface area contributed by atoms with Gasteiger partial charge in [0.1, 0.15) is 6.07 Å². The average Bonchev–Trinajstić information content (AvgIpc) is 2.70. The highest BCUT2D eigenvalue weighted by molar-refractivity contribution is 5.68. The number of aryl methyl sites for hydroxylation is 2. The summed E-state index contributed by atoms with van der Waals surface area (Å²) < 4.78 is 1.77. The Morgan fingerprint density at radius 2 is 2.28 bits per heavy atom. The van der Waals surface area contributed by atoms with Crippen LogP contribution in [0.5, 0.6) is 0 Å². The number of aromatic nitrogens is 2. The molecule has 5 nitrogen and oxygen atoms in total. The van der Waals surface area contributed by atoms with Gasteiger partial charge in [0.2, 0.25) is 0 Å². The second-order valence-electron chi connectivity index (χ2n) is 4.06. The highest BCUT2D eigenvalue weighted by Gasteiger charge is 2.07. The summed E-state index contributed by atoms with van der Waals surface area (Å²) >= 11 is 0. The summed E-state index contributed by atoms with van der Waals surface area (Å²) in [4.78, 5) is 0. The molecule has 5 heteroatoms. The first kappa shape index (κ1) is 12.0. The molecule has 2 rings (SSSR count). The standard InChI is InChI=1S/C13H15N5/c1-3-12-13(8-18(2)17-12)16-10-5-4-9(7-14)11(15)6-10/h4-6,8,16H,3,15H2,1-2H3. The Labute approximate surface area is 106 Å². The molecule has 0 fully saturated rings. The maximum Gasteiger partial charge on any atom is 0.101 e. The number of nitrogen functional groups attached to an aromatic ring is 1. The first-order valence-corrected chi connectivity index (χ1v) is 5.73. The third kappa shape index (κ3) is 2.28. The minimum Gasteiger partial charge on any atom is -0.398 e. The number of nitrogens with zero attached hydrogens (tertiary/aromatic N) is 3. The quantitative estimate of drug-likeness (QED) is 0.807. The molecule has 0 amide bonds. The van der Waals surface area contributed by atoms with Gasteiger partial charge in [0.25, 0.3) is 0 Å². The lowest BCUT2D eigenvalue weighted by Crippen LogP contribution is -1.96. The number of anilines is 3. The van der Waals surface area contributed by atoms with Crippen LogP contribution in [0, 0.1) is 11.3 Å². The zero-order valence-corrected chi connectivity index (χ0v) is 10.4. The molecular formula is C13H15N5. The van der Waals surface area contributed by atoms with Gasteiger partial charge >= 0.3 is 0 Å². The highest BCUT2D eigenvalue weighted by Crippen LogP contribution is 2.23. The van der Waals surface area contributed by atoms with Gasteiger partial charge in [-0.3, -0.25) is 4.68 Å². The first-order chi connectivity index (χ1) is 8.63. The number of benzene rings is 1. The SMILES string of the molecule is CCc1nn(C)cc1Nc1ccc(C#N)c(N)c1. The van der Waals surface area contributed by atoms with E-state index in [1.54, 1.807) is 16.8 Å². The van der Waals surface area contributed by atoms with Gasteiger partial charge in [0.15, 0.2) is 0 Å². The molecule has 0 radical (unpaired) electrons. The van der Waals surface area contributed by atoms with Crippen LogP contribution in [0.4, 0.5) is 17.1 Å². The monoisotopic (exact) mass is 241 g/mol. The molecule has 0 saturated heterocycles. The number of hydrogen-bond acceptors (Lipinski definition) is 4. The smallest absolute Gasteiger partial charge is 0.101 e. The van der Waals surface area contributed by atoms with Gasteiger partial charge in [0.05, 0.1) is 22.6 Å². The molecule has 0 unspecified atom stereocenters. The lowest BCUT2D eigenvalue weighted by molar-refractivity contribution is 0.746. The molecule has 92 valence electrons. The maximum absolute atomic E-state index is 8.82. The molecule has 1 aromatic carbocycles. The lowest BCUT2D eigenvalue weighted by Gasteiger charge is -2.07. The van der Waals surface area contributed by atoms with Crippen LogP contribution in [0.2, 0.25) is 0 Å². The minimum atomic E-state index is 0.476. The summed E-state index contributed by atoms with van der Waals surface area (Å²) in [6, 6.07) is 7.34. The van der Waals surface area contributed by atoms with E-state index in [0.29, 0.717) is 11.3 Å². The van der Waals surface area contributed by atoms with Crippen LogP contribution in [0.15, 0.2) is 24.4 Å². The number of nitrogens with one attached hydrogen (secondary N) is 1. The van der Waals surface area contributed by atoms with Gasteiger partial charge in [-0.2, -0.15) is 10.4 Å². The molecule has 0 spiro atoms. The Kier molecular flexibility index (Phi) is 3.20. The Morgan fingerprint density at radius 3 is 2.89 bits per heavy atom. The topological polar surface area (TPSA) is 79.7 Å². The van der Waals surface area contributed by atoms with E-state index >= 15 is 0 Å². The molecule has 0 saturated carbocycles. The van der Waals surface area contributed by atoms with Gasteiger partial charge in [-0.05, 0) is 24.6 Å². The number of nitrogens with two attached hydrogens (primary N) is 1. The predicted molar refractivity (Wildman–Crippen MR) is 71.4 cm³/mol. The molecule has 1 heterocycles.